The van der Waals surface area contributed by atoms with Gasteiger partial charge < -0.3 is 9.80 Å². The van der Waals surface area contributed by atoms with Crippen molar-refractivity contribution in [3.05, 3.63) is 42.1 Å². The van der Waals surface area contributed by atoms with Gasteiger partial charge in [0, 0.05) is 49.2 Å². The molecule has 1 fully saturated rings. The molecule has 110 valence electrons. The fourth-order valence-electron chi connectivity index (χ4n) is 2.99. The molecule has 0 aliphatic carbocycles. The molecule has 4 heteroatoms. The van der Waals surface area contributed by atoms with Crippen molar-refractivity contribution in [2.75, 3.05) is 33.7 Å². The van der Waals surface area contributed by atoms with Crippen LogP contribution >= 0.6 is 0 Å². The Kier molecular flexibility index (Phi) is 3.99. The molecule has 21 heavy (non-hydrogen) atoms. The molecule has 1 aliphatic rings. The number of carbonyl (C=O) groups is 1. The molecule has 0 spiro atoms. The van der Waals surface area contributed by atoms with Crippen molar-refractivity contribution in [1.82, 2.24) is 14.8 Å². The van der Waals surface area contributed by atoms with Gasteiger partial charge in [0.15, 0.2) is 5.78 Å². The maximum Gasteiger partial charge on any atom is 0.165 e. The summed E-state index contributed by atoms with van der Waals surface area (Å²) in [7, 11) is 4.22. The van der Waals surface area contributed by atoms with Gasteiger partial charge in [0.25, 0.3) is 0 Å². The number of hydrogen-bond acceptors (Lipinski definition) is 4. The highest BCUT2D eigenvalue weighted by Crippen LogP contribution is 2.20. The molecule has 1 saturated heterocycles. The third kappa shape index (κ3) is 2.96. The number of nitrogens with zero attached hydrogens (tertiary/aromatic N) is 3. The molecule has 1 aromatic carbocycles. The second-order valence-corrected chi connectivity index (χ2v) is 5.90. The summed E-state index contributed by atoms with van der Waals surface area (Å²) in [5.74, 6) is 0.209. The Morgan fingerprint density at radius 2 is 2.10 bits per heavy atom. The standard InChI is InChI=1S/C17H21N3O/c1-19-9-10-20(2)13(12-19)11-17(21)15-5-3-7-16-14(15)6-4-8-18-16/h3-8,13H,9-12H2,1-2H3. The van der Waals surface area contributed by atoms with Crippen LogP contribution in [0.15, 0.2) is 36.5 Å². The fraction of sp³-hybridized carbons (Fsp3) is 0.412. The van der Waals surface area contributed by atoms with E-state index in [1.54, 1.807) is 6.20 Å². The van der Waals surface area contributed by atoms with Crippen LogP contribution in [0.2, 0.25) is 0 Å². The van der Waals surface area contributed by atoms with Crippen LogP contribution in [0.1, 0.15) is 16.8 Å². The van der Waals surface area contributed by atoms with Crippen LogP contribution in [0.5, 0.6) is 0 Å². The summed E-state index contributed by atoms with van der Waals surface area (Å²) in [5.41, 5.74) is 1.68. The Morgan fingerprint density at radius 3 is 2.95 bits per heavy atom. The first-order valence-corrected chi connectivity index (χ1v) is 7.41. The van der Waals surface area contributed by atoms with Crippen LogP contribution in [-0.4, -0.2) is 60.3 Å². The second-order valence-electron chi connectivity index (χ2n) is 5.90. The van der Waals surface area contributed by atoms with Gasteiger partial charge in [0.05, 0.1) is 5.52 Å². The molecule has 1 atom stereocenters. The third-order valence-electron chi connectivity index (χ3n) is 4.35. The van der Waals surface area contributed by atoms with Crippen molar-refractivity contribution < 1.29 is 4.79 Å². The van der Waals surface area contributed by atoms with E-state index in [1.807, 2.05) is 30.3 Å². The minimum Gasteiger partial charge on any atom is -0.304 e. The Bertz CT molecular complexity index is 650. The third-order valence-corrected chi connectivity index (χ3v) is 4.35. The molecule has 4 nitrogen and oxygen atoms in total. The number of piperazine rings is 1. The van der Waals surface area contributed by atoms with Gasteiger partial charge in [0.2, 0.25) is 0 Å². The molecule has 1 aliphatic heterocycles. The summed E-state index contributed by atoms with van der Waals surface area (Å²) in [4.78, 5) is 21.6. The number of rotatable bonds is 3. The van der Waals surface area contributed by atoms with E-state index in [0.29, 0.717) is 12.5 Å². The topological polar surface area (TPSA) is 36.4 Å². The van der Waals surface area contributed by atoms with Gasteiger partial charge in [-0.2, -0.15) is 0 Å². The highest BCUT2D eigenvalue weighted by molar-refractivity contribution is 6.07. The summed E-state index contributed by atoms with van der Waals surface area (Å²) in [6, 6.07) is 9.94. The predicted octanol–water partition coefficient (Wildman–Crippen LogP) is 2.05. The van der Waals surface area contributed by atoms with Gasteiger partial charge in [-0.25, -0.2) is 0 Å². The molecule has 2 aromatic rings. The van der Waals surface area contributed by atoms with Crippen LogP contribution in [0.3, 0.4) is 0 Å². The molecule has 0 bridgehead atoms. The van der Waals surface area contributed by atoms with Crippen molar-refractivity contribution >= 4 is 16.7 Å². The first kappa shape index (κ1) is 14.2. The van der Waals surface area contributed by atoms with Crippen LogP contribution in [0, 0.1) is 0 Å². The zero-order chi connectivity index (χ0) is 14.8. The normalized spacial score (nSPS) is 20.8. The quantitative estimate of drug-likeness (QED) is 0.808. The second kappa shape index (κ2) is 5.92. The lowest BCUT2D eigenvalue weighted by molar-refractivity contribution is 0.0811. The van der Waals surface area contributed by atoms with Crippen LogP contribution < -0.4 is 0 Å². The smallest absolute Gasteiger partial charge is 0.165 e. The van der Waals surface area contributed by atoms with Crippen molar-refractivity contribution in [3.8, 4) is 0 Å². The first-order chi connectivity index (χ1) is 10.1. The number of hydrogen-bond donors (Lipinski definition) is 0. The maximum atomic E-state index is 12.7. The lowest BCUT2D eigenvalue weighted by Gasteiger charge is -2.37. The summed E-state index contributed by atoms with van der Waals surface area (Å²) in [6.45, 7) is 3.04. The Hall–Kier alpha value is -1.78. The molecule has 0 N–H and O–H groups in total. The number of Topliss-reactive ketones (excluding diaryl/α,β-unsaturated/α-hetero) is 1. The molecule has 0 saturated carbocycles. The summed E-state index contributed by atoms with van der Waals surface area (Å²) in [6.07, 6.45) is 2.33. The van der Waals surface area contributed by atoms with E-state index in [9.17, 15) is 4.79 Å². The largest absolute Gasteiger partial charge is 0.304 e. The molecular formula is C17H21N3O. The van der Waals surface area contributed by atoms with Crippen LogP contribution in [0.25, 0.3) is 10.9 Å². The number of likely N-dealkylation sites (N-methyl/N-ethyl adjacent to an activating group) is 2. The van der Waals surface area contributed by atoms with Crippen LogP contribution in [-0.2, 0) is 0 Å². The van der Waals surface area contributed by atoms with E-state index in [1.165, 1.54) is 0 Å². The minimum absolute atomic E-state index is 0.209. The van der Waals surface area contributed by atoms with Gasteiger partial charge >= 0.3 is 0 Å². The monoisotopic (exact) mass is 283 g/mol. The van der Waals surface area contributed by atoms with E-state index in [-0.39, 0.29) is 5.78 Å². The van der Waals surface area contributed by atoms with Crippen molar-refractivity contribution in [2.45, 2.75) is 12.5 Å². The van der Waals surface area contributed by atoms with E-state index < -0.39 is 0 Å². The molecule has 0 amide bonds. The van der Waals surface area contributed by atoms with E-state index in [0.717, 1.165) is 36.1 Å². The number of ketones is 1. The van der Waals surface area contributed by atoms with Crippen molar-refractivity contribution in [2.24, 2.45) is 0 Å². The lowest BCUT2D eigenvalue weighted by Crippen LogP contribution is -2.50. The molecule has 1 unspecified atom stereocenters. The highest BCUT2D eigenvalue weighted by Gasteiger charge is 2.25. The molecular weight excluding hydrogens is 262 g/mol. The number of benzene rings is 1. The van der Waals surface area contributed by atoms with Gasteiger partial charge in [-0.15, -0.1) is 0 Å². The molecule has 1 aromatic heterocycles. The first-order valence-electron chi connectivity index (χ1n) is 7.41. The maximum absolute atomic E-state index is 12.7. The zero-order valence-corrected chi connectivity index (χ0v) is 12.6. The Balaban J connectivity index is 1.84. The highest BCUT2D eigenvalue weighted by atomic mass is 16.1. The summed E-state index contributed by atoms with van der Waals surface area (Å²) < 4.78 is 0. The van der Waals surface area contributed by atoms with Crippen molar-refractivity contribution in [3.63, 3.8) is 0 Å². The van der Waals surface area contributed by atoms with E-state index >= 15 is 0 Å². The van der Waals surface area contributed by atoms with Gasteiger partial charge in [-0.05, 0) is 26.2 Å². The Morgan fingerprint density at radius 1 is 1.24 bits per heavy atom. The van der Waals surface area contributed by atoms with E-state index in [2.05, 4.69) is 28.9 Å². The molecule has 3 rings (SSSR count). The number of carbonyl (C=O) groups excluding carboxylic acids is 1. The van der Waals surface area contributed by atoms with E-state index in [4.69, 9.17) is 0 Å². The SMILES string of the molecule is CN1CCN(C)C(CC(=O)c2cccc3ncccc23)C1. The van der Waals surface area contributed by atoms with Gasteiger partial charge in [-0.1, -0.05) is 18.2 Å². The Labute approximate surface area is 125 Å². The summed E-state index contributed by atoms with van der Waals surface area (Å²) in [5, 5.41) is 0.955. The molecule has 2 heterocycles. The number of pyridine rings is 1. The average Bonchev–Trinajstić information content (AvgIpc) is 2.50. The molecule has 0 radical (unpaired) electrons. The van der Waals surface area contributed by atoms with Crippen LogP contribution in [0.4, 0.5) is 0 Å². The minimum atomic E-state index is 0.209. The number of fused-ring (bicyclic) bond motifs is 1. The van der Waals surface area contributed by atoms with Crippen molar-refractivity contribution in [1.29, 1.82) is 0 Å². The van der Waals surface area contributed by atoms with Gasteiger partial charge in [0.1, 0.15) is 0 Å². The van der Waals surface area contributed by atoms with Gasteiger partial charge in [-0.3, -0.25) is 9.78 Å². The lowest BCUT2D eigenvalue weighted by atomic mass is 9.98. The fourth-order valence-corrected chi connectivity index (χ4v) is 2.99. The zero-order valence-electron chi connectivity index (χ0n) is 12.6. The number of aromatic nitrogens is 1. The predicted molar refractivity (Wildman–Crippen MR) is 84.6 cm³/mol. The summed E-state index contributed by atoms with van der Waals surface area (Å²) >= 11 is 0. The average molecular weight is 283 g/mol.